The highest BCUT2D eigenvalue weighted by Crippen LogP contribution is 2.30. The second-order valence-electron chi connectivity index (χ2n) is 5.68. The van der Waals surface area contributed by atoms with Crippen LogP contribution < -0.4 is 14.8 Å². The summed E-state index contributed by atoms with van der Waals surface area (Å²) in [5.74, 6) is 2.28. The van der Waals surface area contributed by atoms with Gasteiger partial charge in [0.05, 0.1) is 31.9 Å². The van der Waals surface area contributed by atoms with E-state index in [1.54, 1.807) is 45.4 Å². The lowest BCUT2D eigenvalue weighted by molar-refractivity contribution is -0.115. The molecule has 0 aliphatic rings. The molecule has 26 heavy (non-hydrogen) atoms. The number of methoxy groups -OCH3 is 2. The zero-order valence-corrected chi connectivity index (χ0v) is 14.9. The second kappa shape index (κ2) is 7.74. The minimum Gasteiger partial charge on any atom is -0.497 e. The fourth-order valence-corrected chi connectivity index (χ4v) is 2.56. The summed E-state index contributed by atoms with van der Waals surface area (Å²) in [7, 11) is 3.19. The minimum absolute atomic E-state index is 0.122. The van der Waals surface area contributed by atoms with Crippen molar-refractivity contribution in [3.63, 3.8) is 0 Å². The van der Waals surface area contributed by atoms with Crippen LogP contribution in [0.3, 0.4) is 0 Å². The van der Waals surface area contributed by atoms with Gasteiger partial charge < -0.3 is 19.2 Å². The van der Waals surface area contributed by atoms with E-state index in [-0.39, 0.29) is 12.3 Å². The zero-order valence-electron chi connectivity index (χ0n) is 14.9. The van der Waals surface area contributed by atoms with E-state index in [0.717, 1.165) is 11.3 Å². The van der Waals surface area contributed by atoms with Crippen molar-refractivity contribution in [3.8, 4) is 23.0 Å². The van der Waals surface area contributed by atoms with Gasteiger partial charge in [0, 0.05) is 5.69 Å². The molecule has 0 saturated carbocycles. The Balaban J connectivity index is 1.73. The Morgan fingerprint density at radius 1 is 1.08 bits per heavy atom. The average molecular weight is 352 g/mol. The lowest BCUT2D eigenvalue weighted by atomic mass is 10.2. The number of carbonyl (C=O) groups is 1. The summed E-state index contributed by atoms with van der Waals surface area (Å²) < 4.78 is 16.2. The van der Waals surface area contributed by atoms with E-state index in [2.05, 4.69) is 10.3 Å². The quantitative estimate of drug-likeness (QED) is 0.729. The summed E-state index contributed by atoms with van der Waals surface area (Å²) in [5, 5.41) is 2.84. The monoisotopic (exact) mass is 352 g/mol. The topological polar surface area (TPSA) is 73.6 Å². The van der Waals surface area contributed by atoms with Gasteiger partial charge in [0.25, 0.3) is 0 Å². The molecule has 0 aliphatic heterocycles. The summed E-state index contributed by atoms with van der Waals surface area (Å²) in [6.07, 6.45) is 0.122. The number of para-hydroxylation sites is 1. The fraction of sp³-hybridized carbons (Fsp3) is 0.200. The number of hydrogen-bond donors (Lipinski definition) is 1. The molecule has 0 saturated heterocycles. The molecule has 0 unspecified atom stereocenters. The Bertz CT molecular complexity index is 900. The van der Waals surface area contributed by atoms with Gasteiger partial charge in [-0.3, -0.25) is 4.79 Å². The van der Waals surface area contributed by atoms with Crippen molar-refractivity contribution >= 4 is 11.6 Å². The molecule has 0 spiro atoms. The van der Waals surface area contributed by atoms with Crippen molar-refractivity contribution in [2.24, 2.45) is 0 Å². The van der Waals surface area contributed by atoms with Crippen molar-refractivity contribution in [1.29, 1.82) is 0 Å². The molecule has 2 aromatic carbocycles. The maximum Gasteiger partial charge on any atom is 0.230 e. The number of benzene rings is 2. The number of ether oxygens (including phenoxy) is 2. The SMILES string of the molecule is COc1ccc(NC(=O)Cc2nc(-c3ccccc3OC)oc2C)cc1. The highest BCUT2D eigenvalue weighted by atomic mass is 16.5. The first-order valence-electron chi connectivity index (χ1n) is 8.14. The van der Waals surface area contributed by atoms with E-state index in [4.69, 9.17) is 13.9 Å². The normalized spacial score (nSPS) is 10.4. The van der Waals surface area contributed by atoms with Crippen LogP contribution in [0.15, 0.2) is 52.9 Å². The maximum absolute atomic E-state index is 12.3. The third-order valence-corrected chi connectivity index (χ3v) is 3.93. The number of rotatable bonds is 6. The Labute approximate surface area is 151 Å². The Morgan fingerprint density at radius 2 is 1.81 bits per heavy atom. The minimum atomic E-state index is -0.168. The van der Waals surface area contributed by atoms with Gasteiger partial charge in [0.1, 0.15) is 17.3 Å². The van der Waals surface area contributed by atoms with Gasteiger partial charge in [0.15, 0.2) is 0 Å². The molecule has 0 radical (unpaired) electrons. The third kappa shape index (κ3) is 3.85. The van der Waals surface area contributed by atoms with E-state index in [1.165, 1.54) is 0 Å². The first kappa shape index (κ1) is 17.5. The van der Waals surface area contributed by atoms with Crippen LogP contribution >= 0.6 is 0 Å². The number of nitrogens with one attached hydrogen (secondary N) is 1. The van der Waals surface area contributed by atoms with Gasteiger partial charge in [-0.2, -0.15) is 0 Å². The van der Waals surface area contributed by atoms with Gasteiger partial charge in [-0.15, -0.1) is 0 Å². The van der Waals surface area contributed by atoms with Crippen LogP contribution in [-0.4, -0.2) is 25.1 Å². The molecule has 0 aliphatic carbocycles. The molecule has 1 amide bonds. The van der Waals surface area contributed by atoms with Gasteiger partial charge in [-0.25, -0.2) is 4.98 Å². The van der Waals surface area contributed by atoms with Crippen LogP contribution in [0.25, 0.3) is 11.5 Å². The van der Waals surface area contributed by atoms with Crippen molar-refractivity contribution in [2.45, 2.75) is 13.3 Å². The summed E-state index contributed by atoms with van der Waals surface area (Å²) in [4.78, 5) is 16.8. The number of hydrogen-bond acceptors (Lipinski definition) is 5. The van der Waals surface area contributed by atoms with Crippen molar-refractivity contribution < 1.29 is 18.7 Å². The fourth-order valence-electron chi connectivity index (χ4n) is 2.56. The number of anilines is 1. The number of aryl methyl sites for hydroxylation is 1. The number of aromatic nitrogens is 1. The molecule has 1 heterocycles. The first-order chi connectivity index (χ1) is 12.6. The molecular formula is C20H20N2O4. The lowest BCUT2D eigenvalue weighted by Gasteiger charge is -2.05. The second-order valence-corrected chi connectivity index (χ2v) is 5.68. The third-order valence-electron chi connectivity index (χ3n) is 3.93. The predicted octanol–water partition coefficient (Wildman–Crippen LogP) is 3.85. The predicted molar refractivity (Wildman–Crippen MR) is 98.6 cm³/mol. The first-order valence-corrected chi connectivity index (χ1v) is 8.14. The Hall–Kier alpha value is -3.28. The number of carbonyl (C=O) groups excluding carboxylic acids is 1. The van der Waals surface area contributed by atoms with Gasteiger partial charge in [-0.05, 0) is 43.3 Å². The summed E-state index contributed by atoms with van der Waals surface area (Å²) >= 11 is 0. The van der Waals surface area contributed by atoms with Crippen LogP contribution in [-0.2, 0) is 11.2 Å². The summed E-state index contributed by atoms with van der Waals surface area (Å²) in [6.45, 7) is 1.79. The van der Waals surface area contributed by atoms with Crippen LogP contribution in [0.4, 0.5) is 5.69 Å². The van der Waals surface area contributed by atoms with Gasteiger partial charge in [0.2, 0.25) is 11.8 Å². The molecule has 3 aromatic rings. The van der Waals surface area contributed by atoms with Crippen LogP contribution in [0.1, 0.15) is 11.5 Å². The molecule has 1 aromatic heterocycles. The van der Waals surface area contributed by atoms with E-state index in [9.17, 15) is 4.79 Å². The van der Waals surface area contributed by atoms with Crippen LogP contribution in [0.5, 0.6) is 11.5 Å². The number of amides is 1. The largest absolute Gasteiger partial charge is 0.497 e. The lowest BCUT2D eigenvalue weighted by Crippen LogP contribution is -2.15. The van der Waals surface area contributed by atoms with E-state index in [0.29, 0.717) is 28.8 Å². The molecule has 0 atom stereocenters. The molecule has 6 nitrogen and oxygen atoms in total. The average Bonchev–Trinajstić information content (AvgIpc) is 3.02. The van der Waals surface area contributed by atoms with Crippen LogP contribution in [0, 0.1) is 6.92 Å². The molecule has 134 valence electrons. The van der Waals surface area contributed by atoms with E-state index < -0.39 is 0 Å². The van der Waals surface area contributed by atoms with Gasteiger partial charge in [-0.1, -0.05) is 12.1 Å². The molecule has 0 bridgehead atoms. The van der Waals surface area contributed by atoms with Gasteiger partial charge >= 0.3 is 0 Å². The van der Waals surface area contributed by atoms with E-state index in [1.807, 2.05) is 24.3 Å². The molecule has 3 rings (SSSR count). The highest BCUT2D eigenvalue weighted by Gasteiger charge is 2.17. The summed E-state index contributed by atoms with van der Waals surface area (Å²) in [6, 6.07) is 14.6. The standard InChI is InChI=1S/C20H20N2O4/c1-13-17(12-19(23)21-14-8-10-15(24-2)11-9-14)22-20(26-13)16-6-4-5-7-18(16)25-3/h4-11H,12H2,1-3H3,(H,21,23). The Kier molecular flexibility index (Phi) is 5.22. The zero-order chi connectivity index (χ0) is 18.5. The van der Waals surface area contributed by atoms with E-state index >= 15 is 0 Å². The van der Waals surface area contributed by atoms with Crippen molar-refractivity contribution in [2.75, 3.05) is 19.5 Å². The van der Waals surface area contributed by atoms with Crippen molar-refractivity contribution in [1.82, 2.24) is 4.98 Å². The maximum atomic E-state index is 12.3. The molecule has 6 heteroatoms. The van der Waals surface area contributed by atoms with Crippen molar-refractivity contribution in [3.05, 3.63) is 60.0 Å². The number of nitrogens with zero attached hydrogens (tertiary/aromatic N) is 1. The molecular weight excluding hydrogens is 332 g/mol. The highest BCUT2D eigenvalue weighted by molar-refractivity contribution is 5.92. The summed E-state index contributed by atoms with van der Waals surface area (Å²) in [5.41, 5.74) is 2.04. The number of oxazole rings is 1. The van der Waals surface area contributed by atoms with Crippen LogP contribution in [0.2, 0.25) is 0 Å². The molecule has 1 N–H and O–H groups in total. The molecule has 0 fully saturated rings. The smallest absolute Gasteiger partial charge is 0.230 e. The Morgan fingerprint density at radius 3 is 2.50 bits per heavy atom.